The molecule has 0 heterocycles. The number of nitrogens with zero attached hydrogens (tertiary/aromatic N) is 24. The first kappa shape index (κ1) is 73.9. The summed E-state index contributed by atoms with van der Waals surface area (Å²) in [5, 5.41) is 26.5. The van der Waals surface area contributed by atoms with E-state index in [0.717, 1.165) is 97.1 Å². The maximum atomic E-state index is 15.6. The summed E-state index contributed by atoms with van der Waals surface area (Å²) >= 11 is 0. The average Bonchev–Trinajstić information content (AvgIpc) is 1.52. The number of azide groups is 8. The maximum Gasteiger partial charge on any atom is 0.340 e. The molecule has 0 aromatic heterocycles. The molecule has 44 nitrogen and oxygen atoms in total. The summed E-state index contributed by atoms with van der Waals surface area (Å²) in [5.74, 6) is -18.5. The summed E-state index contributed by atoms with van der Waals surface area (Å²) in [7, 11) is -24.4. The molecule has 0 bridgehead atoms. The Kier molecular flexibility index (Phi) is 17.9. The van der Waals surface area contributed by atoms with Crippen molar-refractivity contribution in [2.24, 2.45) is 40.9 Å². The predicted molar refractivity (Wildman–Crippen MR) is 370 cm³/mol. The molecule has 0 N–H and O–H groups in total. The highest BCUT2D eigenvalue weighted by molar-refractivity contribution is 7.97. The van der Waals surface area contributed by atoms with Gasteiger partial charge in [-0.1, -0.05) is 141 Å². The first-order valence-electron chi connectivity index (χ1n) is 30.0. The lowest BCUT2D eigenvalue weighted by Gasteiger charge is -2.31. The molecular weight excluding hydrogens is 1520 g/mol. The van der Waals surface area contributed by atoms with E-state index in [4.69, 9.17) is 16.7 Å². The molecule has 0 saturated carbocycles. The zero-order valence-electron chi connectivity index (χ0n) is 54.7. The van der Waals surface area contributed by atoms with Crippen LogP contribution in [0.1, 0.15) is 126 Å². The Bertz CT molecular complexity index is 6210. The van der Waals surface area contributed by atoms with Crippen LogP contribution >= 0.6 is 0 Å². The van der Waals surface area contributed by atoms with Crippen molar-refractivity contribution in [3.63, 3.8) is 0 Å². The van der Waals surface area contributed by atoms with Crippen molar-refractivity contribution in [3.05, 3.63) is 270 Å². The van der Waals surface area contributed by atoms with E-state index in [1.165, 1.54) is 27.7 Å². The largest absolute Gasteiger partial charge is 0.375 e. The molecule has 0 aliphatic heterocycles. The lowest BCUT2D eigenvalue weighted by molar-refractivity contribution is -0.112. The Morgan fingerprint density at radius 1 is 0.303 bits per heavy atom. The Morgan fingerprint density at radius 3 is 0.706 bits per heavy atom. The second-order valence-corrected chi connectivity index (χ2v) is 30.6. The number of allylic oxidation sites excluding steroid dienone is 4. The molecular formula is C61H32N24O20S4. The Morgan fingerprint density at radius 2 is 0.505 bits per heavy atom. The molecule has 6 aliphatic rings. The Hall–Kier alpha value is -14.9. The third-order valence-corrected chi connectivity index (χ3v) is 22.9. The quantitative estimate of drug-likeness (QED) is 0.0225. The molecule has 0 saturated heterocycles. The van der Waals surface area contributed by atoms with Crippen molar-refractivity contribution in [2.75, 3.05) is 0 Å². The van der Waals surface area contributed by atoms with Crippen molar-refractivity contribution in [1.82, 2.24) is 0 Å². The molecule has 0 atom stereocenters. The fraction of sp³-hybridized carbons (Fsp3) is 0.148. The number of carbonyl (C=O) groups excluding carboxylic acids is 8. The highest BCUT2D eigenvalue weighted by Gasteiger charge is 2.58. The van der Waals surface area contributed by atoms with Gasteiger partial charge in [0.25, 0.3) is 0 Å². The van der Waals surface area contributed by atoms with E-state index in [0.29, 0.717) is 0 Å². The molecule has 109 heavy (non-hydrogen) atoms. The molecule has 12 rings (SSSR count). The van der Waals surface area contributed by atoms with Crippen LogP contribution in [0.2, 0.25) is 0 Å². The summed E-state index contributed by atoms with van der Waals surface area (Å²) in [5.41, 5.74) is 56.2. The van der Waals surface area contributed by atoms with Crippen LogP contribution in [0.3, 0.4) is 0 Å². The van der Waals surface area contributed by atoms with Crippen LogP contribution in [0, 0.1) is 0 Å². The van der Waals surface area contributed by atoms with Gasteiger partial charge in [0.1, 0.15) is 42.4 Å². The van der Waals surface area contributed by atoms with Gasteiger partial charge in [-0.3, -0.25) is 38.4 Å². The van der Waals surface area contributed by atoms with E-state index >= 15 is 33.7 Å². The standard InChI is InChI=1S/C61H32N24O20S4/c1-59(2)21-61(29-19-37(104-108(98,99)57-41-25(11-7-15-33(41)72-80-64)49(88)53(92)45(57)76-84-68)35(17-27(29)59)102-106(94,95)55-39-23(9-5-13-31(39)70-78-62)47(86)51(90)43(55)74-82-66)22-60(3,4)28-18-36(103-107(96,97)56-40-24(10-6-14-32(40)71-79-63)48(87)52(91)44(56)75-83-67)38(20-30(28)61)105-109(100,101)58-42-26(12-8-16-34(42)73-81-65)50(89)54(93)46(58)77-85-69/h5-20H,21-22H2,1-4H3. The molecule has 6 aromatic carbocycles. The fourth-order valence-electron chi connectivity index (χ4n) is 13.9. The van der Waals surface area contributed by atoms with E-state index in [1.54, 1.807) is 0 Å². The molecule has 6 aromatic rings. The summed E-state index contributed by atoms with van der Waals surface area (Å²) in [6.07, 6.45) is -0.723. The first-order chi connectivity index (χ1) is 51.5. The van der Waals surface area contributed by atoms with E-state index < -0.39 is 236 Å². The minimum absolute atomic E-state index is 0.109. The number of benzene rings is 6. The molecule has 6 aliphatic carbocycles. The maximum absolute atomic E-state index is 15.6. The van der Waals surface area contributed by atoms with E-state index in [-0.39, 0.29) is 35.1 Å². The summed E-state index contributed by atoms with van der Waals surface area (Å²) in [6, 6.07) is 14.9. The molecule has 540 valence electrons. The molecule has 0 radical (unpaired) electrons. The Balaban J connectivity index is 1.17. The summed E-state index contributed by atoms with van der Waals surface area (Å²) < 4.78 is 148. The SMILES string of the molecule is CC1(C)CC2(CC(C)(C)c3cc(OS(=O)(=O)C4=C(N=[N+]=[N-])C(=O)C(=O)c5cccc(N=[N+]=[N-])c54)c(OS(=O)(=O)C4=C(N=[N+]=[N-])C(=O)C(=O)c5cccc(N=[N+]=[N-])c54)cc32)c2cc(OS(=O)(=O)C3=C(N=[N+]=[N-])C(=O)C(=O)c4cccc(N=[N+]=[N-])c43)c(OS(=O)(=O)C3=C(N=[N+]=[N-])C(=O)C(=O)c4cccc(N=[N+]=[N-])c43)cc21. The van der Waals surface area contributed by atoms with Gasteiger partial charge in [-0.05, 0) is 114 Å². The van der Waals surface area contributed by atoms with Crippen LogP contribution in [-0.4, -0.2) is 79.9 Å². The zero-order chi connectivity index (χ0) is 79.2. The van der Waals surface area contributed by atoms with Crippen LogP contribution in [0.5, 0.6) is 23.0 Å². The topological polar surface area (TPSA) is 700 Å². The van der Waals surface area contributed by atoms with E-state index in [9.17, 15) is 82.6 Å². The van der Waals surface area contributed by atoms with Gasteiger partial charge in [-0.2, -0.15) is 33.7 Å². The third-order valence-electron chi connectivity index (χ3n) is 17.7. The lowest BCUT2D eigenvalue weighted by Crippen LogP contribution is -2.28. The smallest absolute Gasteiger partial charge is 0.340 e. The Labute approximate surface area is 605 Å². The average molecular weight is 1550 g/mol. The van der Waals surface area contributed by atoms with Crippen LogP contribution < -0.4 is 16.7 Å². The van der Waals surface area contributed by atoms with Gasteiger partial charge in [-0.25, -0.2) is 0 Å². The van der Waals surface area contributed by atoms with Gasteiger partial charge >= 0.3 is 40.5 Å². The lowest BCUT2D eigenvalue weighted by atomic mass is 9.72. The zero-order valence-corrected chi connectivity index (χ0v) is 57.9. The van der Waals surface area contributed by atoms with E-state index in [1.807, 2.05) is 0 Å². The number of carbonyl (C=O) groups is 8. The highest BCUT2D eigenvalue weighted by Crippen LogP contribution is 2.66. The normalized spacial score (nSPS) is 17.2. The van der Waals surface area contributed by atoms with Crippen LogP contribution in [0.25, 0.3) is 103 Å². The molecule has 0 fully saturated rings. The number of ketones is 8. The number of hydrogen-bond acceptors (Lipinski definition) is 28. The minimum atomic E-state index is -6.15. The second kappa shape index (κ2) is 26.4. The molecule has 0 unspecified atom stereocenters. The minimum Gasteiger partial charge on any atom is -0.375 e. The summed E-state index contributed by atoms with van der Waals surface area (Å²) in [6.45, 7) is 5.99. The number of fused-ring (bicyclic) bond motifs is 8. The number of rotatable bonds is 20. The fourth-order valence-corrected chi connectivity index (χ4v) is 19.1. The van der Waals surface area contributed by atoms with Crippen molar-refractivity contribution in [3.8, 4) is 23.0 Å². The van der Waals surface area contributed by atoms with Crippen LogP contribution in [0.15, 0.2) is 161 Å². The van der Waals surface area contributed by atoms with Crippen LogP contribution in [0.4, 0.5) is 22.7 Å². The van der Waals surface area contributed by atoms with Gasteiger partial charge in [0.2, 0.25) is 46.3 Å². The van der Waals surface area contributed by atoms with Gasteiger partial charge < -0.3 is 16.7 Å². The van der Waals surface area contributed by atoms with Gasteiger partial charge in [0, 0.05) is 112 Å². The first-order valence-corrected chi connectivity index (χ1v) is 35.6. The van der Waals surface area contributed by atoms with Gasteiger partial charge in [0.15, 0.2) is 23.0 Å². The van der Waals surface area contributed by atoms with Crippen molar-refractivity contribution in [2.45, 2.75) is 56.8 Å². The highest BCUT2D eigenvalue weighted by atomic mass is 32.2. The predicted octanol–water partition coefficient (Wildman–Crippen LogP) is 13.7. The van der Waals surface area contributed by atoms with Gasteiger partial charge in [0.05, 0.1) is 0 Å². The molecule has 0 amide bonds. The monoisotopic (exact) mass is 1550 g/mol. The van der Waals surface area contributed by atoms with Crippen molar-refractivity contribution >= 4 is 129 Å². The number of Topliss-reactive ketones (excluding diaryl/α,β-unsaturated/α-hetero) is 8. The second-order valence-electron chi connectivity index (χ2n) is 24.7. The summed E-state index contributed by atoms with van der Waals surface area (Å²) in [4.78, 5) is 125. The van der Waals surface area contributed by atoms with Crippen molar-refractivity contribution in [1.29, 1.82) is 0 Å². The third kappa shape index (κ3) is 11.7. The van der Waals surface area contributed by atoms with Crippen LogP contribution in [-0.2, 0) is 75.9 Å². The van der Waals surface area contributed by atoms with Gasteiger partial charge in [-0.15, -0.1) is 0 Å². The molecule has 48 heteroatoms. The number of hydrogen-bond donors (Lipinski definition) is 0. The molecule has 1 spiro atoms. The van der Waals surface area contributed by atoms with Crippen molar-refractivity contribution < 1.29 is 88.8 Å². The van der Waals surface area contributed by atoms with E-state index in [2.05, 4.69) is 80.2 Å².